The molecule has 1 aliphatic heterocycles. The molecule has 0 saturated carbocycles. The second kappa shape index (κ2) is 6.34. The Bertz CT molecular complexity index is 628. The first kappa shape index (κ1) is 14.7. The number of aryl methyl sites for hydroxylation is 2. The van der Waals surface area contributed by atoms with Crippen molar-refractivity contribution in [2.24, 2.45) is 0 Å². The first-order valence-electron chi connectivity index (χ1n) is 8.01. The third kappa shape index (κ3) is 2.96. The van der Waals surface area contributed by atoms with E-state index in [4.69, 9.17) is 4.42 Å². The Labute approximate surface area is 139 Å². The van der Waals surface area contributed by atoms with Crippen molar-refractivity contribution in [2.45, 2.75) is 43.9 Å². The Kier molecular flexibility index (Phi) is 4.24. The van der Waals surface area contributed by atoms with Gasteiger partial charge in [-0.1, -0.05) is 0 Å². The highest BCUT2D eigenvalue weighted by Gasteiger charge is 2.24. The molecule has 1 aliphatic carbocycles. The highest BCUT2D eigenvalue weighted by molar-refractivity contribution is 7.99. The summed E-state index contributed by atoms with van der Waals surface area (Å²) in [5.41, 5.74) is 1.49. The van der Waals surface area contributed by atoms with Crippen molar-refractivity contribution in [2.75, 3.05) is 19.3 Å². The van der Waals surface area contributed by atoms with E-state index in [-0.39, 0.29) is 0 Å². The maximum absolute atomic E-state index is 5.92. The fraction of sp³-hybridized carbons (Fsp3) is 0.625. The molecule has 0 unspecified atom stereocenters. The number of likely N-dealkylation sites (tertiary alicyclic amines) is 1. The highest BCUT2D eigenvalue weighted by atomic mass is 32.2. The first-order valence-corrected chi connectivity index (χ1v) is 10.1. The molecule has 2 aliphatic rings. The standard InChI is InChI=1S/C16H21N3OS2/c1-21-12-6-7-19(9-12)10-15-17-18-16(20-15)14-8-11-4-2-3-5-13(11)22-14/h8,12H,2-7,9-10H2,1H3/t12-/m1/s1. The van der Waals surface area contributed by atoms with Gasteiger partial charge in [0.2, 0.25) is 5.89 Å². The summed E-state index contributed by atoms with van der Waals surface area (Å²) in [5, 5.41) is 9.28. The van der Waals surface area contributed by atoms with Gasteiger partial charge in [0.15, 0.2) is 0 Å². The predicted octanol–water partition coefficient (Wildman–Crippen LogP) is 3.61. The lowest BCUT2D eigenvalue weighted by atomic mass is 9.99. The van der Waals surface area contributed by atoms with Gasteiger partial charge in [-0.3, -0.25) is 4.90 Å². The van der Waals surface area contributed by atoms with Gasteiger partial charge in [-0.05, 0) is 56.5 Å². The van der Waals surface area contributed by atoms with E-state index in [1.165, 1.54) is 42.5 Å². The second-order valence-electron chi connectivity index (χ2n) is 6.15. The van der Waals surface area contributed by atoms with E-state index in [0.717, 1.165) is 35.7 Å². The summed E-state index contributed by atoms with van der Waals surface area (Å²) < 4.78 is 5.92. The Morgan fingerprint density at radius 3 is 3.09 bits per heavy atom. The number of nitrogens with zero attached hydrogens (tertiary/aromatic N) is 3. The number of hydrogen-bond acceptors (Lipinski definition) is 6. The van der Waals surface area contributed by atoms with E-state index in [1.807, 2.05) is 23.1 Å². The largest absolute Gasteiger partial charge is 0.419 e. The van der Waals surface area contributed by atoms with Crippen LogP contribution in [0.5, 0.6) is 0 Å². The average Bonchev–Trinajstić information content (AvgIpc) is 3.26. The van der Waals surface area contributed by atoms with Crippen LogP contribution in [0.25, 0.3) is 10.8 Å². The monoisotopic (exact) mass is 335 g/mol. The molecule has 0 radical (unpaired) electrons. The molecule has 2 aromatic rings. The zero-order valence-electron chi connectivity index (χ0n) is 12.9. The lowest BCUT2D eigenvalue weighted by Crippen LogP contribution is -2.20. The number of thiophene rings is 1. The van der Waals surface area contributed by atoms with E-state index in [2.05, 4.69) is 27.4 Å². The maximum Gasteiger partial charge on any atom is 0.257 e. The third-order valence-corrected chi connectivity index (χ3v) is 6.87. The van der Waals surface area contributed by atoms with Crippen LogP contribution in [0.2, 0.25) is 0 Å². The van der Waals surface area contributed by atoms with Crippen molar-refractivity contribution >= 4 is 23.1 Å². The molecule has 0 spiro atoms. The molecule has 22 heavy (non-hydrogen) atoms. The van der Waals surface area contributed by atoms with Crippen LogP contribution in [0.15, 0.2) is 10.5 Å². The van der Waals surface area contributed by atoms with Gasteiger partial charge in [0.25, 0.3) is 5.89 Å². The number of hydrogen-bond donors (Lipinski definition) is 0. The summed E-state index contributed by atoms with van der Waals surface area (Å²) in [6.45, 7) is 3.05. The topological polar surface area (TPSA) is 42.2 Å². The molecule has 1 fully saturated rings. The van der Waals surface area contributed by atoms with E-state index >= 15 is 0 Å². The molecule has 4 nitrogen and oxygen atoms in total. The summed E-state index contributed by atoms with van der Waals surface area (Å²) in [7, 11) is 0. The van der Waals surface area contributed by atoms with Crippen molar-refractivity contribution in [3.8, 4) is 10.8 Å². The smallest absolute Gasteiger partial charge is 0.257 e. The van der Waals surface area contributed by atoms with Gasteiger partial charge < -0.3 is 4.42 Å². The minimum absolute atomic E-state index is 0.704. The van der Waals surface area contributed by atoms with Gasteiger partial charge in [-0.25, -0.2) is 0 Å². The first-order chi connectivity index (χ1) is 10.8. The van der Waals surface area contributed by atoms with Crippen LogP contribution in [-0.4, -0.2) is 39.7 Å². The zero-order chi connectivity index (χ0) is 14.9. The predicted molar refractivity (Wildman–Crippen MR) is 91.5 cm³/mol. The summed E-state index contributed by atoms with van der Waals surface area (Å²) in [5.74, 6) is 1.46. The van der Waals surface area contributed by atoms with Crippen molar-refractivity contribution < 1.29 is 4.42 Å². The normalized spacial score (nSPS) is 22.1. The zero-order valence-corrected chi connectivity index (χ0v) is 14.5. The van der Waals surface area contributed by atoms with Gasteiger partial charge in [0.1, 0.15) is 0 Å². The fourth-order valence-corrected chi connectivity index (χ4v) is 5.21. The van der Waals surface area contributed by atoms with Gasteiger partial charge in [0, 0.05) is 16.7 Å². The molecule has 1 saturated heterocycles. The molecule has 0 bridgehead atoms. The number of thioether (sulfide) groups is 1. The molecule has 118 valence electrons. The molecule has 0 N–H and O–H groups in total. The van der Waals surface area contributed by atoms with E-state index in [0.29, 0.717) is 5.89 Å². The second-order valence-corrected chi connectivity index (χ2v) is 8.42. The molecule has 0 amide bonds. The van der Waals surface area contributed by atoms with Gasteiger partial charge in [-0.2, -0.15) is 11.8 Å². The van der Waals surface area contributed by atoms with Crippen molar-refractivity contribution in [1.82, 2.24) is 15.1 Å². The van der Waals surface area contributed by atoms with Crippen molar-refractivity contribution in [1.29, 1.82) is 0 Å². The average molecular weight is 335 g/mol. The van der Waals surface area contributed by atoms with Crippen molar-refractivity contribution in [3.63, 3.8) is 0 Å². The van der Waals surface area contributed by atoms with Crippen molar-refractivity contribution in [3.05, 3.63) is 22.4 Å². The van der Waals surface area contributed by atoms with Gasteiger partial charge in [0.05, 0.1) is 11.4 Å². The van der Waals surface area contributed by atoms with Gasteiger partial charge in [-0.15, -0.1) is 21.5 Å². The van der Waals surface area contributed by atoms with Crippen LogP contribution < -0.4 is 0 Å². The maximum atomic E-state index is 5.92. The van der Waals surface area contributed by atoms with Crippen LogP contribution in [0.3, 0.4) is 0 Å². The van der Waals surface area contributed by atoms with Crippen LogP contribution >= 0.6 is 23.1 Å². The molecule has 0 aromatic carbocycles. The quantitative estimate of drug-likeness (QED) is 0.854. The summed E-state index contributed by atoms with van der Waals surface area (Å²) in [6.07, 6.45) is 8.50. The van der Waals surface area contributed by atoms with E-state index in [1.54, 1.807) is 0 Å². The molecule has 2 aromatic heterocycles. The SMILES string of the molecule is CS[C@@H]1CCN(Cc2nnc(-c3cc4c(s3)CCCC4)o2)C1. The molecule has 1 atom stereocenters. The Morgan fingerprint density at radius 1 is 1.36 bits per heavy atom. The van der Waals surface area contributed by atoms with Gasteiger partial charge >= 0.3 is 0 Å². The van der Waals surface area contributed by atoms with E-state index < -0.39 is 0 Å². The Balaban J connectivity index is 1.46. The summed E-state index contributed by atoms with van der Waals surface area (Å²) in [6, 6.07) is 2.26. The van der Waals surface area contributed by atoms with Crippen LogP contribution in [0.1, 0.15) is 35.6 Å². The molecule has 3 heterocycles. The minimum atomic E-state index is 0.704. The van der Waals surface area contributed by atoms with Crippen LogP contribution in [0, 0.1) is 0 Å². The molecular formula is C16H21N3OS2. The minimum Gasteiger partial charge on any atom is -0.419 e. The fourth-order valence-electron chi connectivity index (χ4n) is 3.34. The Morgan fingerprint density at radius 2 is 2.27 bits per heavy atom. The summed E-state index contributed by atoms with van der Waals surface area (Å²) >= 11 is 3.79. The lowest BCUT2D eigenvalue weighted by molar-refractivity contribution is 0.293. The highest BCUT2D eigenvalue weighted by Crippen LogP contribution is 2.35. The molecule has 4 rings (SSSR count). The molecular weight excluding hydrogens is 314 g/mol. The number of rotatable bonds is 4. The lowest BCUT2D eigenvalue weighted by Gasteiger charge is -2.11. The van der Waals surface area contributed by atoms with E-state index in [9.17, 15) is 0 Å². The number of fused-ring (bicyclic) bond motifs is 1. The van der Waals surface area contributed by atoms with Crippen LogP contribution in [-0.2, 0) is 19.4 Å². The number of aromatic nitrogens is 2. The Hall–Kier alpha value is -0.850. The van der Waals surface area contributed by atoms with Crippen LogP contribution in [0.4, 0.5) is 0 Å². The summed E-state index contributed by atoms with van der Waals surface area (Å²) in [4.78, 5) is 5.08. The molecule has 6 heteroatoms. The third-order valence-electron chi connectivity index (χ3n) is 4.60.